The van der Waals surface area contributed by atoms with Crippen molar-refractivity contribution in [1.29, 1.82) is 0 Å². The lowest BCUT2D eigenvalue weighted by atomic mass is 10.1. The molecule has 0 amide bonds. The number of benzene rings is 1. The first-order valence-electron chi connectivity index (χ1n) is 10.8. The summed E-state index contributed by atoms with van der Waals surface area (Å²) < 4.78 is 20.7. The molecule has 0 bridgehead atoms. The van der Waals surface area contributed by atoms with Gasteiger partial charge in [-0.25, -0.2) is 19.0 Å². The lowest BCUT2D eigenvalue weighted by molar-refractivity contribution is -0.161. The van der Waals surface area contributed by atoms with Gasteiger partial charge in [0.25, 0.3) is 0 Å². The molecular formula is C23H30N4O4. The molecule has 166 valence electrons. The van der Waals surface area contributed by atoms with Crippen LogP contribution in [0.1, 0.15) is 51.3 Å². The van der Waals surface area contributed by atoms with Crippen LogP contribution in [0.4, 0.5) is 4.79 Å². The highest BCUT2D eigenvalue weighted by Crippen LogP contribution is 2.24. The molecule has 2 aromatic heterocycles. The molecule has 31 heavy (non-hydrogen) atoms. The zero-order chi connectivity index (χ0) is 21.8. The molecule has 0 unspecified atom stereocenters. The van der Waals surface area contributed by atoms with Crippen LogP contribution in [0.3, 0.4) is 0 Å². The maximum absolute atomic E-state index is 13.0. The summed E-state index contributed by atoms with van der Waals surface area (Å²) in [5.41, 5.74) is 2.18. The molecule has 0 N–H and O–H groups in total. The van der Waals surface area contributed by atoms with Crippen molar-refractivity contribution in [3.8, 4) is 0 Å². The van der Waals surface area contributed by atoms with Crippen molar-refractivity contribution >= 4 is 17.0 Å². The second-order valence-electron chi connectivity index (χ2n) is 8.85. The molecule has 1 saturated heterocycles. The topological polar surface area (TPSA) is 80.4 Å². The van der Waals surface area contributed by atoms with Crippen molar-refractivity contribution in [2.24, 2.45) is 0 Å². The van der Waals surface area contributed by atoms with E-state index in [4.69, 9.17) is 14.2 Å². The molecule has 0 saturated carbocycles. The molecule has 1 aromatic carbocycles. The Labute approximate surface area is 182 Å². The van der Waals surface area contributed by atoms with Crippen molar-refractivity contribution in [2.45, 2.75) is 64.9 Å². The third-order valence-corrected chi connectivity index (χ3v) is 5.13. The smallest absolute Gasteiger partial charge is 0.419 e. The Morgan fingerprint density at radius 1 is 1.26 bits per heavy atom. The second kappa shape index (κ2) is 9.20. The lowest BCUT2D eigenvalue weighted by Gasteiger charge is -2.23. The van der Waals surface area contributed by atoms with E-state index in [1.807, 2.05) is 39.0 Å². The van der Waals surface area contributed by atoms with E-state index in [1.165, 1.54) is 6.33 Å². The number of carbonyl (C=O) groups is 1. The highest BCUT2D eigenvalue weighted by molar-refractivity contribution is 5.91. The predicted molar refractivity (Wildman–Crippen MR) is 116 cm³/mol. The van der Waals surface area contributed by atoms with E-state index >= 15 is 0 Å². The third kappa shape index (κ3) is 5.51. The summed E-state index contributed by atoms with van der Waals surface area (Å²) in [5, 5.41) is 5.14. The molecule has 3 heterocycles. The fourth-order valence-corrected chi connectivity index (χ4v) is 3.77. The SMILES string of the molecule is CC(C)(C)OC(=O)n1c(CCO[C@H]2CCCCO2)cc2cc(Cn3cncn3)ccc21. The second-order valence-corrected chi connectivity index (χ2v) is 8.85. The molecule has 1 atom stereocenters. The van der Waals surface area contributed by atoms with Gasteiger partial charge in [0.2, 0.25) is 0 Å². The minimum atomic E-state index is -0.579. The number of nitrogens with zero attached hydrogens (tertiary/aromatic N) is 4. The van der Waals surface area contributed by atoms with Gasteiger partial charge < -0.3 is 14.2 Å². The molecule has 3 aromatic rings. The van der Waals surface area contributed by atoms with Gasteiger partial charge in [-0.3, -0.25) is 0 Å². The van der Waals surface area contributed by atoms with Crippen molar-refractivity contribution in [3.05, 3.63) is 48.2 Å². The summed E-state index contributed by atoms with van der Waals surface area (Å²) in [6.45, 7) is 7.46. The highest BCUT2D eigenvalue weighted by Gasteiger charge is 2.23. The number of carbonyl (C=O) groups excluding carboxylic acids is 1. The van der Waals surface area contributed by atoms with E-state index in [0.29, 0.717) is 19.6 Å². The van der Waals surface area contributed by atoms with E-state index in [9.17, 15) is 4.79 Å². The van der Waals surface area contributed by atoms with Crippen LogP contribution in [0.15, 0.2) is 36.9 Å². The van der Waals surface area contributed by atoms with Gasteiger partial charge in [0.1, 0.15) is 18.3 Å². The summed E-state index contributed by atoms with van der Waals surface area (Å²) in [4.78, 5) is 17.0. The summed E-state index contributed by atoms with van der Waals surface area (Å²) in [7, 11) is 0. The number of hydrogen-bond acceptors (Lipinski definition) is 6. The van der Waals surface area contributed by atoms with Gasteiger partial charge >= 0.3 is 6.09 Å². The minimum Gasteiger partial charge on any atom is -0.443 e. The van der Waals surface area contributed by atoms with Crippen LogP contribution in [0.2, 0.25) is 0 Å². The van der Waals surface area contributed by atoms with Crippen LogP contribution in [-0.4, -0.2) is 50.5 Å². The number of aromatic nitrogens is 4. The van der Waals surface area contributed by atoms with Gasteiger partial charge in [-0.15, -0.1) is 0 Å². The van der Waals surface area contributed by atoms with E-state index < -0.39 is 5.60 Å². The molecule has 0 radical (unpaired) electrons. The van der Waals surface area contributed by atoms with Crippen LogP contribution in [0.25, 0.3) is 10.9 Å². The molecule has 0 spiro atoms. The Balaban J connectivity index is 1.57. The van der Waals surface area contributed by atoms with Gasteiger partial charge in [-0.05, 0) is 63.8 Å². The Hall–Kier alpha value is -2.71. The predicted octanol–water partition coefficient (Wildman–Crippen LogP) is 4.15. The minimum absolute atomic E-state index is 0.151. The van der Waals surface area contributed by atoms with Crippen molar-refractivity contribution in [3.63, 3.8) is 0 Å². The molecule has 8 nitrogen and oxygen atoms in total. The van der Waals surface area contributed by atoms with E-state index in [1.54, 1.807) is 15.6 Å². The van der Waals surface area contributed by atoms with Crippen molar-refractivity contribution in [2.75, 3.05) is 13.2 Å². The van der Waals surface area contributed by atoms with Crippen molar-refractivity contribution < 1.29 is 19.0 Å². The van der Waals surface area contributed by atoms with E-state index in [0.717, 1.165) is 48.0 Å². The average molecular weight is 427 g/mol. The van der Waals surface area contributed by atoms with Crippen LogP contribution >= 0.6 is 0 Å². The third-order valence-electron chi connectivity index (χ3n) is 5.13. The van der Waals surface area contributed by atoms with Crippen LogP contribution in [-0.2, 0) is 27.2 Å². The highest BCUT2D eigenvalue weighted by atomic mass is 16.7. The van der Waals surface area contributed by atoms with E-state index in [-0.39, 0.29) is 12.4 Å². The quantitative estimate of drug-likeness (QED) is 0.589. The largest absolute Gasteiger partial charge is 0.443 e. The maximum Gasteiger partial charge on any atom is 0.419 e. The molecule has 4 rings (SSSR count). The Bertz CT molecular complexity index is 1010. The van der Waals surface area contributed by atoms with Gasteiger partial charge in [0.05, 0.1) is 18.7 Å². The zero-order valence-electron chi connectivity index (χ0n) is 18.4. The van der Waals surface area contributed by atoms with Crippen LogP contribution < -0.4 is 0 Å². The molecule has 8 heteroatoms. The molecule has 0 aliphatic carbocycles. The molecule has 1 aliphatic heterocycles. The van der Waals surface area contributed by atoms with Gasteiger partial charge in [0, 0.05) is 24.1 Å². The van der Waals surface area contributed by atoms with E-state index in [2.05, 4.69) is 16.1 Å². The van der Waals surface area contributed by atoms with Gasteiger partial charge in [-0.2, -0.15) is 5.10 Å². The van der Waals surface area contributed by atoms with Gasteiger partial charge in [-0.1, -0.05) is 6.07 Å². The fraction of sp³-hybridized carbons (Fsp3) is 0.522. The molecule has 1 aliphatic rings. The first kappa shape index (κ1) is 21.5. The number of fused-ring (bicyclic) bond motifs is 1. The van der Waals surface area contributed by atoms with Gasteiger partial charge in [0.15, 0.2) is 6.29 Å². The van der Waals surface area contributed by atoms with Crippen molar-refractivity contribution in [1.82, 2.24) is 19.3 Å². The number of hydrogen-bond donors (Lipinski definition) is 0. The number of ether oxygens (including phenoxy) is 3. The summed E-state index contributed by atoms with van der Waals surface area (Å²) in [6, 6.07) is 8.07. The summed E-state index contributed by atoms with van der Waals surface area (Å²) in [5.74, 6) is 0. The average Bonchev–Trinajstić information content (AvgIpc) is 3.34. The molecular weight excluding hydrogens is 396 g/mol. The standard InChI is InChI=1S/C23H30N4O4/c1-23(2,3)31-22(28)27-19(9-11-30-21-6-4-5-10-29-21)13-18-12-17(7-8-20(18)27)14-26-16-24-15-25-26/h7-8,12-13,15-16,21H,4-6,9-11,14H2,1-3H3/t21-/m0/s1. The first-order chi connectivity index (χ1) is 14.9. The molecule has 1 fully saturated rings. The normalized spacial score (nSPS) is 17.2. The Morgan fingerprint density at radius 2 is 2.13 bits per heavy atom. The van der Waals surface area contributed by atoms with Crippen LogP contribution in [0, 0.1) is 0 Å². The Morgan fingerprint density at radius 3 is 2.84 bits per heavy atom. The lowest BCUT2D eigenvalue weighted by Crippen LogP contribution is -2.28. The zero-order valence-corrected chi connectivity index (χ0v) is 18.4. The fourth-order valence-electron chi connectivity index (χ4n) is 3.77. The van der Waals surface area contributed by atoms with Crippen LogP contribution in [0.5, 0.6) is 0 Å². The summed E-state index contributed by atoms with van der Waals surface area (Å²) in [6.07, 6.45) is 6.39. The Kier molecular flexibility index (Phi) is 6.38. The number of rotatable bonds is 6. The summed E-state index contributed by atoms with van der Waals surface area (Å²) >= 11 is 0. The first-order valence-corrected chi connectivity index (χ1v) is 10.8. The maximum atomic E-state index is 13.0. The monoisotopic (exact) mass is 426 g/mol.